The van der Waals surface area contributed by atoms with Crippen molar-refractivity contribution in [2.24, 2.45) is 0 Å². The van der Waals surface area contributed by atoms with Crippen LogP contribution in [-0.2, 0) is 9.59 Å². The van der Waals surface area contributed by atoms with E-state index in [9.17, 15) is 9.59 Å². The number of carboxylic acid groups (broad SMARTS) is 1. The van der Waals surface area contributed by atoms with E-state index in [1.54, 1.807) is 13.0 Å². The molecule has 0 bridgehead atoms. The molecule has 0 unspecified atom stereocenters. The first-order chi connectivity index (χ1) is 5.52. The van der Waals surface area contributed by atoms with Crippen molar-refractivity contribution in [3.8, 4) is 0 Å². The molecule has 3 nitrogen and oxygen atoms in total. The van der Waals surface area contributed by atoms with Gasteiger partial charge in [0.2, 0.25) is 0 Å². The van der Waals surface area contributed by atoms with Gasteiger partial charge in [0.05, 0.1) is 0 Å². The standard InChI is InChI=1S/C8H11ClO3/c1-6(9)3-2-4-7(10)5-8(11)12/h3H,2,4-5H2,1H3,(H,11,12)/b6-3-. The number of Topliss-reactive ketones (excluding diaryl/α,β-unsaturated/α-hetero) is 1. The van der Waals surface area contributed by atoms with Gasteiger partial charge in [-0.1, -0.05) is 17.7 Å². The summed E-state index contributed by atoms with van der Waals surface area (Å²) in [6, 6.07) is 0. The van der Waals surface area contributed by atoms with Crippen molar-refractivity contribution in [1.82, 2.24) is 0 Å². The average molecular weight is 191 g/mol. The third kappa shape index (κ3) is 7.28. The Morgan fingerprint density at radius 2 is 2.08 bits per heavy atom. The highest BCUT2D eigenvalue weighted by atomic mass is 35.5. The van der Waals surface area contributed by atoms with Gasteiger partial charge in [-0.05, 0) is 13.3 Å². The fraction of sp³-hybridized carbons (Fsp3) is 0.500. The summed E-state index contributed by atoms with van der Waals surface area (Å²) in [5.74, 6) is -1.34. The van der Waals surface area contributed by atoms with Gasteiger partial charge in [-0.2, -0.15) is 0 Å². The molecule has 0 atom stereocenters. The molecule has 0 amide bonds. The second-order valence-corrected chi connectivity index (χ2v) is 3.03. The Bertz CT molecular complexity index is 204. The molecule has 0 heterocycles. The topological polar surface area (TPSA) is 54.4 Å². The number of rotatable bonds is 5. The molecule has 0 saturated heterocycles. The predicted molar refractivity (Wildman–Crippen MR) is 46.1 cm³/mol. The summed E-state index contributed by atoms with van der Waals surface area (Å²) in [6.45, 7) is 1.71. The maximum atomic E-state index is 10.8. The number of halogens is 1. The van der Waals surface area contributed by atoms with Crippen LogP contribution in [0.25, 0.3) is 0 Å². The lowest BCUT2D eigenvalue weighted by Crippen LogP contribution is -2.05. The lowest BCUT2D eigenvalue weighted by atomic mass is 10.1. The van der Waals surface area contributed by atoms with E-state index in [-0.39, 0.29) is 12.2 Å². The van der Waals surface area contributed by atoms with Crippen LogP contribution in [0.1, 0.15) is 26.2 Å². The second kappa shape index (κ2) is 5.77. The maximum absolute atomic E-state index is 10.8. The Balaban J connectivity index is 3.58. The van der Waals surface area contributed by atoms with Crippen molar-refractivity contribution in [3.63, 3.8) is 0 Å². The fourth-order valence-corrected chi connectivity index (χ4v) is 0.798. The van der Waals surface area contributed by atoms with Crippen molar-refractivity contribution in [1.29, 1.82) is 0 Å². The van der Waals surface area contributed by atoms with Gasteiger partial charge in [0.1, 0.15) is 12.2 Å². The number of carbonyl (C=O) groups excluding carboxylic acids is 1. The minimum absolute atomic E-state index is 0.246. The van der Waals surface area contributed by atoms with Crippen LogP contribution in [-0.4, -0.2) is 16.9 Å². The van der Waals surface area contributed by atoms with Crippen molar-refractivity contribution < 1.29 is 14.7 Å². The van der Waals surface area contributed by atoms with Gasteiger partial charge in [-0.25, -0.2) is 0 Å². The molecule has 0 radical (unpaired) electrons. The van der Waals surface area contributed by atoms with Crippen LogP contribution in [0.15, 0.2) is 11.1 Å². The van der Waals surface area contributed by atoms with Gasteiger partial charge in [0.25, 0.3) is 0 Å². The summed E-state index contributed by atoms with van der Waals surface area (Å²) in [5.41, 5.74) is 0. The first-order valence-electron chi connectivity index (χ1n) is 3.58. The Morgan fingerprint density at radius 3 is 2.50 bits per heavy atom. The summed E-state index contributed by atoms with van der Waals surface area (Å²) >= 11 is 5.50. The van der Waals surface area contributed by atoms with Crippen molar-refractivity contribution in [3.05, 3.63) is 11.1 Å². The zero-order chi connectivity index (χ0) is 9.56. The third-order valence-electron chi connectivity index (χ3n) is 1.20. The normalized spacial score (nSPS) is 11.3. The molecule has 0 aromatic heterocycles. The summed E-state index contributed by atoms with van der Waals surface area (Å²) in [5, 5.41) is 8.85. The van der Waals surface area contributed by atoms with Crippen LogP contribution in [0, 0.1) is 0 Å². The third-order valence-corrected chi connectivity index (χ3v) is 1.35. The van der Waals surface area contributed by atoms with Crippen LogP contribution in [0.5, 0.6) is 0 Å². The number of hydrogen-bond acceptors (Lipinski definition) is 2. The van der Waals surface area contributed by atoms with E-state index in [0.717, 1.165) is 0 Å². The minimum Gasteiger partial charge on any atom is -0.481 e. The molecular weight excluding hydrogens is 180 g/mol. The first kappa shape index (κ1) is 11.2. The van der Waals surface area contributed by atoms with E-state index in [4.69, 9.17) is 16.7 Å². The van der Waals surface area contributed by atoms with E-state index in [1.807, 2.05) is 0 Å². The zero-order valence-electron chi connectivity index (χ0n) is 6.84. The van der Waals surface area contributed by atoms with Crippen LogP contribution in [0.2, 0.25) is 0 Å². The highest BCUT2D eigenvalue weighted by Crippen LogP contribution is 2.03. The van der Waals surface area contributed by atoms with Crippen LogP contribution < -0.4 is 0 Å². The Morgan fingerprint density at radius 1 is 1.50 bits per heavy atom. The average Bonchev–Trinajstić information content (AvgIpc) is 1.84. The second-order valence-electron chi connectivity index (χ2n) is 2.44. The monoisotopic (exact) mass is 190 g/mol. The number of allylic oxidation sites excluding steroid dienone is 2. The number of carboxylic acids is 1. The molecule has 68 valence electrons. The lowest BCUT2D eigenvalue weighted by Gasteiger charge is -1.93. The number of hydrogen-bond donors (Lipinski definition) is 1. The Hall–Kier alpha value is -0.830. The SMILES string of the molecule is C/C(Cl)=C/CCC(=O)CC(=O)O. The first-order valence-corrected chi connectivity index (χ1v) is 3.96. The lowest BCUT2D eigenvalue weighted by molar-refractivity contribution is -0.140. The van der Waals surface area contributed by atoms with E-state index in [0.29, 0.717) is 11.5 Å². The number of aliphatic carboxylic acids is 1. The summed E-state index contributed by atoms with van der Waals surface area (Å²) in [7, 11) is 0. The number of ketones is 1. The molecule has 0 fully saturated rings. The molecule has 0 rings (SSSR count). The van der Waals surface area contributed by atoms with Gasteiger partial charge in [-0.3, -0.25) is 9.59 Å². The molecule has 0 aromatic rings. The van der Waals surface area contributed by atoms with E-state index in [2.05, 4.69) is 0 Å². The fourth-order valence-electron chi connectivity index (χ4n) is 0.689. The van der Waals surface area contributed by atoms with Crippen molar-refractivity contribution in [2.45, 2.75) is 26.2 Å². The van der Waals surface area contributed by atoms with Crippen molar-refractivity contribution in [2.75, 3.05) is 0 Å². The summed E-state index contributed by atoms with van der Waals surface area (Å²) in [6.07, 6.45) is 2.06. The molecule has 0 aliphatic heterocycles. The highest BCUT2D eigenvalue weighted by Gasteiger charge is 2.05. The molecule has 1 N–H and O–H groups in total. The molecular formula is C8H11ClO3. The molecule has 12 heavy (non-hydrogen) atoms. The maximum Gasteiger partial charge on any atom is 0.310 e. The largest absolute Gasteiger partial charge is 0.481 e. The van der Waals surface area contributed by atoms with Crippen molar-refractivity contribution >= 4 is 23.4 Å². The molecule has 0 spiro atoms. The Kier molecular flexibility index (Phi) is 5.37. The Labute approximate surface area is 76.0 Å². The van der Waals surface area contributed by atoms with Gasteiger partial charge in [-0.15, -0.1) is 0 Å². The molecule has 0 aromatic carbocycles. The summed E-state index contributed by atoms with van der Waals surface area (Å²) in [4.78, 5) is 20.8. The number of carbonyl (C=O) groups is 2. The van der Waals surface area contributed by atoms with Gasteiger partial charge in [0.15, 0.2) is 0 Å². The van der Waals surface area contributed by atoms with Crippen LogP contribution in [0.4, 0.5) is 0 Å². The van der Waals surface area contributed by atoms with Crippen LogP contribution in [0.3, 0.4) is 0 Å². The smallest absolute Gasteiger partial charge is 0.310 e. The van der Waals surface area contributed by atoms with E-state index >= 15 is 0 Å². The quantitative estimate of drug-likeness (QED) is 0.675. The van der Waals surface area contributed by atoms with Crippen LogP contribution >= 0.6 is 11.6 Å². The van der Waals surface area contributed by atoms with Gasteiger partial charge in [0, 0.05) is 11.5 Å². The minimum atomic E-state index is -1.08. The molecule has 0 saturated carbocycles. The highest BCUT2D eigenvalue weighted by molar-refractivity contribution is 6.29. The van der Waals surface area contributed by atoms with Gasteiger partial charge < -0.3 is 5.11 Å². The molecule has 0 aliphatic rings. The van der Waals surface area contributed by atoms with E-state index in [1.165, 1.54) is 0 Å². The molecule has 4 heteroatoms. The molecule has 0 aliphatic carbocycles. The predicted octanol–water partition coefficient (Wildman–Crippen LogP) is 1.95. The summed E-state index contributed by atoms with van der Waals surface area (Å²) < 4.78 is 0. The zero-order valence-corrected chi connectivity index (χ0v) is 7.60. The van der Waals surface area contributed by atoms with E-state index < -0.39 is 12.4 Å². The van der Waals surface area contributed by atoms with Gasteiger partial charge >= 0.3 is 5.97 Å².